The molecule has 1 aromatic rings. The molecule has 0 radical (unpaired) electrons. The molecule has 1 aliphatic rings. The molecule has 0 spiro atoms. The van der Waals surface area contributed by atoms with Crippen LogP contribution in [0.2, 0.25) is 0 Å². The van der Waals surface area contributed by atoms with Gasteiger partial charge >= 0.3 is 12.1 Å². The average molecular weight is 390 g/mol. The first kappa shape index (κ1) is 21.5. The van der Waals surface area contributed by atoms with E-state index in [-0.39, 0.29) is 12.5 Å². The molecule has 4 amide bonds. The number of nitrogens with one attached hydrogen (secondary N) is 4. The summed E-state index contributed by atoms with van der Waals surface area (Å²) in [4.78, 5) is 36.5. The number of ether oxygens (including phenoxy) is 1. The van der Waals surface area contributed by atoms with E-state index < -0.39 is 29.3 Å². The third-order valence-electron chi connectivity index (χ3n) is 4.13. The Balaban J connectivity index is 1.83. The van der Waals surface area contributed by atoms with Crippen molar-refractivity contribution in [1.82, 2.24) is 16.0 Å². The molecular formula is C20H30N4O4. The molecule has 154 valence electrons. The number of para-hydroxylation sites is 1. The topological polar surface area (TPSA) is 109 Å². The van der Waals surface area contributed by atoms with Crippen LogP contribution in [0.1, 0.15) is 46.6 Å². The van der Waals surface area contributed by atoms with Gasteiger partial charge in [0.05, 0.1) is 5.54 Å². The highest BCUT2D eigenvalue weighted by molar-refractivity contribution is 5.98. The van der Waals surface area contributed by atoms with E-state index in [1.54, 1.807) is 34.6 Å². The van der Waals surface area contributed by atoms with E-state index >= 15 is 0 Å². The van der Waals surface area contributed by atoms with E-state index in [4.69, 9.17) is 4.74 Å². The molecule has 8 heteroatoms. The summed E-state index contributed by atoms with van der Waals surface area (Å²) in [6, 6.07) is 6.49. The zero-order valence-electron chi connectivity index (χ0n) is 17.1. The Kier molecular flexibility index (Phi) is 6.53. The van der Waals surface area contributed by atoms with Crippen LogP contribution in [0.15, 0.2) is 24.3 Å². The first-order valence-corrected chi connectivity index (χ1v) is 9.39. The van der Waals surface area contributed by atoms with Gasteiger partial charge in [-0.3, -0.25) is 4.79 Å². The fourth-order valence-electron chi connectivity index (χ4n) is 2.78. The van der Waals surface area contributed by atoms with Crippen LogP contribution >= 0.6 is 0 Å². The molecule has 0 aromatic heterocycles. The number of benzene rings is 1. The second-order valence-corrected chi connectivity index (χ2v) is 8.58. The second kappa shape index (κ2) is 8.50. The molecule has 0 saturated carbocycles. The van der Waals surface area contributed by atoms with Gasteiger partial charge in [-0.2, -0.15) is 0 Å². The van der Waals surface area contributed by atoms with Gasteiger partial charge in [-0.15, -0.1) is 0 Å². The van der Waals surface area contributed by atoms with Gasteiger partial charge in [0, 0.05) is 12.2 Å². The number of hydrogen-bond donors (Lipinski definition) is 4. The zero-order chi connectivity index (χ0) is 20.9. The summed E-state index contributed by atoms with van der Waals surface area (Å²) >= 11 is 0. The summed E-state index contributed by atoms with van der Waals surface area (Å²) < 4.78 is 5.23. The van der Waals surface area contributed by atoms with Crippen LogP contribution in [0.4, 0.5) is 15.3 Å². The zero-order valence-corrected chi connectivity index (χ0v) is 17.1. The number of rotatable bonds is 4. The molecule has 4 N–H and O–H groups in total. The Morgan fingerprint density at radius 3 is 2.54 bits per heavy atom. The van der Waals surface area contributed by atoms with Gasteiger partial charge in [0.25, 0.3) is 0 Å². The van der Waals surface area contributed by atoms with Crippen molar-refractivity contribution in [3.8, 4) is 0 Å². The van der Waals surface area contributed by atoms with Crippen LogP contribution < -0.4 is 21.3 Å². The van der Waals surface area contributed by atoms with Crippen LogP contribution in [0.25, 0.3) is 0 Å². The summed E-state index contributed by atoms with van der Waals surface area (Å²) in [5, 5.41) is 11.0. The molecule has 1 heterocycles. The van der Waals surface area contributed by atoms with Crippen molar-refractivity contribution in [2.75, 3.05) is 11.9 Å². The minimum absolute atomic E-state index is 0.173. The van der Waals surface area contributed by atoms with Gasteiger partial charge in [-0.25, -0.2) is 9.59 Å². The second-order valence-electron chi connectivity index (χ2n) is 8.58. The van der Waals surface area contributed by atoms with Crippen LogP contribution in [-0.2, 0) is 16.0 Å². The first-order valence-electron chi connectivity index (χ1n) is 9.39. The summed E-state index contributed by atoms with van der Waals surface area (Å²) in [5.41, 5.74) is 0.500. The molecule has 1 atom stereocenters. The van der Waals surface area contributed by atoms with Gasteiger partial charge in [0.1, 0.15) is 11.6 Å². The number of fused-ring (bicyclic) bond motifs is 1. The van der Waals surface area contributed by atoms with Crippen molar-refractivity contribution in [1.29, 1.82) is 0 Å². The van der Waals surface area contributed by atoms with Crippen LogP contribution in [0.3, 0.4) is 0 Å². The van der Waals surface area contributed by atoms with E-state index in [0.717, 1.165) is 11.3 Å². The van der Waals surface area contributed by atoms with Gasteiger partial charge in [0.2, 0.25) is 5.91 Å². The highest BCUT2D eigenvalue weighted by Crippen LogP contribution is 2.21. The third kappa shape index (κ3) is 6.75. The largest absolute Gasteiger partial charge is 0.444 e. The lowest BCUT2D eigenvalue weighted by atomic mass is 10.1. The monoisotopic (exact) mass is 390 g/mol. The third-order valence-corrected chi connectivity index (χ3v) is 4.13. The predicted octanol–water partition coefficient (Wildman–Crippen LogP) is 2.54. The highest BCUT2D eigenvalue weighted by atomic mass is 16.6. The summed E-state index contributed by atoms with van der Waals surface area (Å²) in [5.74, 6) is -0.244. The maximum atomic E-state index is 12.4. The Morgan fingerprint density at radius 2 is 1.86 bits per heavy atom. The Hall–Kier alpha value is -2.77. The molecule has 0 saturated heterocycles. The molecule has 0 fully saturated rings. The number of anilines is 1. The number of hydrogen-bond acceptors (Lipinski definition) is 4. The maximum absolute atomic E-state index is 12.4. The summed E-state index contributed by atoms with van der Waals surface area (Å²) in [6.07, 6.45) is 0.641. The SMILES string of the molecule is CC(C)(CNC(=O)N[C@@H]1CCc2ccccc2NC1=O)NC(=O)OC(C)(C)C. The lowest BCUT2D eigenvalue weighted by Crippen LogP contribution is -2.55. The quantitative estimate of drug-likeness (QED) is 0.633. The van der Waals surface area contributed by atoms with Crippen LogP contribution in [0.5, 0.6) is 0 Å². The minimum atomic E-state index is -0.721. The van der Waals surface area contributed by atoms with E-state index in [0.29, 0.717) is 12.8 Å². The maximum Gasteiger partial charge on any atom is 0.408 e. The molecule has 0 aliphatic carbocycles. The molecule has 1 aliphatic heterocycles. The number of alkyl carbamates (subject to hydrolysis) is 1. The van der Waals surface area contributed by atoms with Gasteiger partial charge < -0.3 is 26.0 Å². The van der Waals surface area contributed by atoms with Crippen molar-refractivity contribution in [2.24, 2.45) is 0 Å². The van der Waals surface area contributed by atoms with Crippen molar-refractivity contribution >= 4 is 23.7 Å². The van der Waals surface area contributed by atoms with Crippen LogP contribution in [-0.4, -0.2) is 41.8 Å². The number of amides is 4. The lowest BCUT2D eigenvalue weighted by Gasteiger charge is -2.29. The fraction of sp³-hybridized carbons (Fsp3) is 0.550. The number of urea groups is 1. The predicted molar refractivity (Wildman–Crippen MR) is 107 cm³/mol. The summed E-state index contributed by atoms with van der Waals surface area (Å²) in [7, 11) is 0. The number of aryl methyl sites for hydroxylation is 1. The minimum Gasteiger partial charge on any atom is -0.444 e. The van der Waals surface area contributed by atoms with E-state index in [2.05, 4.69) is 21.3 Å². The number of carbonyl (C=O) groups is 3. The fourth-order valence-corrected chi connectivity index (χ4v) is 2.78. The van der Waals surface area contributed by atoms with Crippen molar-refractivity contribution in [2.45, 2.75) is 64.6 Å². The average Bonchev–Trinajstić information content (AvgIpc) is 2.70. The van der Waals surface area contributed by atoms with E-state index in [1.165, 1.54) is 0 Å². The van der Waals surface area contributed by atoms with Gasteiger partial charge in [-0.1, -0.05) is 18.2 Å². The smallest absolute Gasteiger partial charge is 0.408 e. The normalized spacial score (nSPS) is 16.9. The highest BCUT2D eigenvalue weighted by Gasteiger charge is 2.27. The molecule has 28 heavy (non-hydrogen) atoms. The summed E-state index contributed by atoms with van der Waals surface area (Å²) in [6.45, 7) is 9.05. The van der Waals surface area contributed by atoms with Crippen LogP contribution in [0, 0.1) is 0 Å². The molecule has 0 bridgehead atoms. The van der Waals surface area contributed by atoms with E-state index in [1.807, 2.05) is 24.3 Å². The molecule has 8 nitrogen and oxygen atoms in total. The standard InChI is InChI=1S/C20H30N4O4/c1-19(2,3)28-18(27)24-20(4,5)12-21-17(26)23-15-11-10-13-8-6-7-9-14(13)22-16(15)25/h6-9,15H,10-12H2,1-5H3,(H,22,25)(H,24,27)(H2,21,23,26)/t15-/m1/s1. The molecular weight excluding hydrogens is 360 g/mol. The lowest BCUT2D eigenvalue weighted by molar-refractivity contribution is -0.117. The van der Waals surface area contributed by atoms with Crippen molar-refractivity contribution < 1.29 is 19.1 Å². The van der Waals surface area contributed by atoms with Crippen molar-refractivity contribution in [3.63, 3.8) is 0 Å². The molecule has 0 unspecified atom stereocenters. The molecule has 2 rings (SSSR count). The Bertz CT molecular complexity index is 740. The first-order chi connectivity index (χ1) is 13.0. The van der Waals surface area contributed by atoms with Gasteiger partial charge in [0.15, 0.2) is 0 Å². The molecule has 1 aromatic carbocycles. The van der Waals surface area contributed by atoms with Crippen molar-refractivity contribution in [3.05, 3.63) is 29.8 Å². The number of carbonyl (C=O) groups excluding carboxylic acids is 3. The van der Waals surface area contributed by atoms with E-state index in [9.17, 15) is 14.4 Å². The van der Waals surface area contributed by atoms with Gasteiger partial charge in [-0.05, 0) is 59.1 Å². The Labute approximate surface area is 165 Å². The Morgan fingerprint density at radius 1 is 1.18 bits per heavy atom.